The zero-order valence-corrected chi connectivity index (χ0v) is 24.5. The maximum absolute atomic E-state index is 13.9. The molecule has 5 rings (SSSR count). The summed E-state index contributed by atoms with van der Waals surface area (Å²) in [7, 11) is 0. The number of nitriles is 1. The van der Waals surface area contributed by atoms with E-state index in [0.717, 1.165) is 28.1 Å². The molecule has 0 spiro atoms. The Morgan fingerprint density at radius 3 is 2.35 bits per heavy atom. The molecule has 0 saturated carbocycles. The molecular weight excluding hydrogens is 517 g/mol. The lowest BCUT2D eigenvalue weighted by molar-refractivity contribution is -0.118. The van der Waals surface area contributed by atoms with Gasteiger partial charge in [-0.15, -0.1) is 11.8 Å². The average molecular weight is 552 g/mol. The van der Waals surface area contributed by atoms with E-state index in [1.54, 1.807) is 28.8 Å². The second kappa shape index (κ2) is 10.6. The van der Waals surface area contributed by atoms with Crippen molar-refractivity contribution in [1.29, 1.82) is 5.26 Å². The summed E-state index contributed by atoms with van der Waals surface area (Å²) in [6, 6.07) is 21.2. The van der Waals surface area contributed by atoms with Crippen molar-refractivity contribution in [3.05, 3.63) is 117 Å². The first-order valence-corrected chi connectivity index (χ1v) is 14.5. The molecule has 0 saturated heterocycles. The number of carbonyl (C=O) groups excluding carboxylic acids is 1. The van der Waals surface area contributed by atoms with Crippen LogP contribution in [-0.4, -0.2) is 5.78 Å². The highest BCUT2D eigenvalue weighted by molar-refractivity contribution is 7.98. The van der Waals surface area contributed by atoms with Crippen molar-refractivity contribution in [2.45, 2.75) is 64.0 Å². The number of Topliss-reactive ketones (excluding diaryl/α,β-unsaturated/α-hetero) is 1. The lowest BCUT2D eigenvalue weighted by Crippen LogP contribution is -2.42. The number of thioether (sulfide) groups is 1. The molecule has 204 valence electrons. The number of nitrogens with zero attached hydrogens (tertiary/aromatic N) is 2. The van der Waals surface area contributed by atoms with Crippen LogP contribution in [0.4, 0.5) is 10.1 Å². The number of anilines is 1. The third-order valence-corrected chi connectivity index (χ3v) is 8.95. The molecule has 1 heterocycles. The largest absolute Gasteiger partial charge is 0.384 e. The fraction of sp³-hybridized carbons (Fsp3) is 0.294. The highest BCUT2D eigenvalue weighted by atomic mass is 32.2. The van der Waals surface area contributed by atoms with Crippen LogP contribution in [0.15, 0.2) is 88.2 Å². The maximum Gasteiger partial charge on any atom is 0.162 e. The van der Waals surface area contributed by atoms with E-state index in [1.165, 1.54) is 28.2 Å². The van der Waals surface area contributed by atoms with Gasteiger partial charge < -0.3 is 5.73 Å². The summed E-state index contributed by atoms with van der Waals surface area (Å²) in [5.41, 5.74) is 14.4. The minimum Gasteiger partial charge on any atom is -0.384 e. The van der Waals surface area contributed by atoms with Crippen molar-refractivity contribution in [2.75, 3.05) is 4.90 Å². The zero-order valence-electron chi connectivity index (χ0n) is 23.6. The summed E-state index contributed by atoms with van der Waals surface area (Å²) in [5.74, 6) is 0.178. The van der Waals surface area contributed by atoms with Crippen molar-refractivity contribution in [2.24, 2.45) is 11.1 Å². The van der Waals surface area contributed by atoms with Gasteiger partial charge in [-0.2, -0.15) is 5.26 Å². The highest BCUT2D eigenvalue weighted by Gasteiger charge is 2.45. The number of allylic oxidation sites excluding steroid dienone is 3. The standard InChI is InChI=1S/C34H34FN3OS/c1-20-6-12-26(13-7-20)40-19-23-14-21(2)15-27(22(23)3)31-28(18-36)33(37)38(25-10-8-24(35)9-11-25)29-16-34(4,5)17-30(39)32(29)31/h6-15,31H,16-17,19,37H2,1-5H3. The monoisotopic (exact) mass is 551 g/mol. The smallest absolute Gasteiger partial charge is 0.162 e. The Bertz CT molecular complexity index is 1590. The first-order valence-electron chi connectivity index (χ1n) is 13.5. The number of carbonyl (C=O) groups is 1. The fourth-order valence-corrected chi connectivity index (χ4v) is 6.86. The van der Waals surface area contributed by atoms with E-state index in [9.17, 15) is 14.4 Å². The molecule has 0 amide bonds. The minimum absolute atomic E-state index is 0.0279. The van der Waals surface area contributed by atoms with E-state index in [0.29, 0.717) is 35.5 Å². The van der Waals surface area contributed by atoms with Gasteiger partial charge >= 0.3 is 0 Å². The molecule has 1 atom stereocenters. The molecule has 0 aromatic heterocycles. The van der Waals surface area contributed by atoms with Crippen LogP contribution in [0.2, 0.25) is 0 Å². The van der Waals surface area contributed by atoms with Crippen molar-refractivity contribution in [1.82, 2.24) is 0 Å². The lowest BCUT2D eigenvalue weighted by Gasteiger charge is -2.44. The van der Waals surface area contributed by atoms with Gasteiger partial charge in [-0.1, -0.05) is 49.2 Å². The van der Waals surface area contributed by atoms with Crippen LogP contribution in [-0.2, 0) is 10.5 Å². The van der Waals surface area contributed by atoms with Gasteiger partial charge in [-0.05, 0) is 85.7 Å². The van der Waals surface area contributed by atoms with Gasteiger partial charge in [-0.25, -0.2) is 4.39 Å². The number of rotatable bonds is 5. The molecule has 2 aliphatic rings. The third kappa shape index (κ3) is 5.19. The van der Waals surface area contributed by atoms with Crippen LogP contribution in [0.1, 0.15) is 60.4 Å². The van der Waals surface area contributed by atoms with Crippen LogP contribution in [0.5, 0.6) is 0 Å². The van der Waals surface area contributed by atoms with Crippen LogP contribution >= 0.6 is 11.8 Å². The molecule has 3 aromatic carbocycles. The van der Waals surface area contributed by atoms with Gasteiger partial charge in [0.1, 0.15) is 11.6 Å². The van der Waals surface area contributed by atoms with Gasteiger partial charge in [0.15, 0.2) is 5.78 Å². The number of nitrogens with two attached hydrogens (primary N) is 1. The summed E-state index contributed by atoms with van der Waals surface area (Å²) in [4.78, 5) is 16.9. The second-order valence-electron chi connectivity index (χ2n) is 11.7. The number of hydrogen-bond acceptors (Lipinski definition) is 5. The summed E-state index contributed by atoms with van der Waals surface area (Å²) in [6.07, 6.45) is 1.00. The van der Waals surface area contributed by atoms with Gasteiger partial charge in [-0.3, -0.25) is 9.69 Å². The number of ketones is 1. The van der Waals surface area contributed by atoms with Crippen LogP contribution < -0.4 is 10.6 Å². The Morgan fingerprint density at radius 1 is 1.02 bits per heavy atom. The van der Waals surface area contributed by atoms with E-state index in [4.69, 9.17) is 5.73 Å². The molecular formula is C34H34FN3OS. The topological polar surface area (TPSA) is 70.1 Å². The fourth-order valence-electron chi connectivity index (χ4n) is 5.91. The third-order valence-electron chi connectivity index (χ3n) is 7.89. The van der Waals surface area contributed by atoms with Crippen molar-refractivity contribution in [3.8, 4) is 6.07 Å². The molecule has 6 heteroatoms. The maximum atomic E-state index is 13.9. The van der Waals surface area contributed by atoms with E-state index >= 15 is 0 Å². The SMILES string of the molecule is Cc1ccc(SCc2cc(C)cc(C3C(C#N)=C(N)N(c4ccc(F)cc4)C4=C3C(=O)CC(C)(C)C4)c2C)cc1. The minimum atomic E-state index is -0.552. The number of aryl methyl sites for hydroxylation is 2. The quantitative estimate of drug-likeness (QED) is 0.326. The molecule has 3 aromatic rings. The summed E-state index contributed by atoms with van der Waals surface area (Å²) < 4.78 is 13.8. The molecule has 2 N–H and O–H groups in total. The Morgan fingerprint density at radius 2 is 1.70 bits per heavy atom. The predicted molar refractivity (Wildman–Crippen MR) is 160 cm³/mol. The Balaban J connectivity index is 1.66. The van der Waals surface area contributed by atoms with Crippen molar-refractivity contribution >= 4 is 23.2 Å². The average Bonchev–Trinajstić information content (AvgIpc) is 2.89. The molecule has 0 bridgehead atoms. The Labute approximate surface area is 240 Å². The first kappa shape index (κ1) is 27.7. The molecule has 1 aliphatic heterocycles. The number of hydrogen-bond donors (Lipinski definition) is 1. The highest BCUT2D eigenvalue weighted by Crippen LogP contribution is 2.51. The summed E-state index contributed by atoms with van der Waals surface area (Å²) in [6.45, 7) is 10.4. The number of halogens is 1. The molecule has 0 radical (unpaired) electrons. The predicted octanol–water partition coefficient (Wildman–Crippen LogP) is 7.98. The molecule has 1 aliphatic carbocycles. The molecule has 0 fully saturated rings. The molecule has 4 nitrogen and oxygen atoms in total. The zero-order chi connectivity index (χ0) is 28.8. The van der Waals surface area contributed by atoms with Crippen LogP contribution in [0, 0.1) is 43.3 Å². The van der Waals surface area contributed by atoms with Crippen LogP contribution in [0.25, 0.3) is 0 Å². The van der Waals surface area contributed by atoms with Gasteiger partial charge in [0.25, 0.3) is 0 Å². The second-order valence-corrected chi connectivity index (χ2v) is 12.7. The van der Waals surface area contributed by atoms with Crippen molar-refractivity contribution in [3.63, 3.8) is 0 Å². The van der Waals surface area contributed by atoms with Crippen LogP contribution in [0.3, 0.4) is 0 Å². The first-order chi connectivity index (χ1) is 19.0. The van der Waals surface area contributed by atoms with Gasteiger partial charge in [0.05, 0.1) is 17.6 Å². The Kier molecular flexibility index (Phi) is 7.37. The van der Waals surface area contributed by atoms with E-state index in [2.05, 4.69) is 77.1 Å². The molecule has 1 unspecified atom stereocenters. The number of benzene rings is 3. The Hall–Kier alpha value is -3.82. The lowest BCUT2D eigenvalue weighted by atomic mass is 9.68. The van der Waals surface area contributed by atoms with E-state index in [1.807, 2.05) is 0 Å². The van der Waals surface area contributed by atoms with Gasteiger partial charge in [0, 0.05) is 34.0 Å². The normalized spacial score (nSPS) is 18.6. The summed E-state index contributed by atoms with van der Waals surface area (Å²) in [5, 5.41) is 10.5. The van der Waals surface area contributed by atoms with E-state index < -0.39 is 5.92 Å². The van der Waals surface area contributed by atoms with E-state index in [-0.39, 0.29) is 17.0 Å². The van der Waals surface area contributed by atoms with Gasteiger partial charge in [0.2, 0.25) is 0 Å². The summed E-state index contributed by atoms with van der Waals surface area (Å²) >= 11 is 1.77. The molecule has 40 heavy (non-hydrogen) atoms. The van der Waals surface area contributed by atoms with Crippen molar-refractivity contribution < 1.29 is 9.18 Å².